The van der Waals surface area contributed by atoms with Crippen molar-refractivity contribution in [2.45, 2.75) is 12.5 Å². The molecule has 0 aliphatic carbocycles. The molecular weight excluding hydrogens is 360 g/mol. The maximum atomic E-state index is 12.7. The number of nitrogens with one attached hydrogen (secondary N) is 2. The van der Waals surface area contributed by atoms with E-state index >= 15 is 0 Å². The molecule has 0 fully saturated rings. The number of carbonyl (C=O) groups is 2. The fraction of sp³-hybridized carbons (Fsp3) is 0.150. The van der Waals surface area contributed by atoms with Crippen LogP contribution in [0.1, 0.15) is 16.1 Å². The highest BCUT2D eigenvalue weighted by molar-refractivity contribution is 5.96. The summed E-state index contributed by atoms with van der Waals surface area (Å²) in [7, 11) is 1.28. The van der Waals surface area contributed by atoms with Crippen molar-refractivity contribution in [3.8, 4) is 5.75 Å². The lowest BCUT2D eigenvalue weighted by atomic mass is 10.0. The minimum Gasteiger partial charge on any atom is -0.504 e. The molecule has 8 heteroatoms. The first kappa shape index (κ1) is 17.6. The first-order chi connectivity index (χ1) is 13.6. The fourth-order valence-electron chi connectivity index (χ4n) is 3.20. The van der Waals surface area contributed by atoms with Crippen LogP contribution >= 0.6 is 0 Å². The molecule has 3 aromatic heterocycles. The van der Waals surface area contributed by atoms with Crippen LogP contribution in [0.15, 0.2) is 55.0 Å². The summed E-state index contributed by atoms with van der Waals surface area (Å²) in [6.07, 6.45) is 5.24. The zero-order chi connectivity index (χ0) is 19.7. The summed E-state index contributed by atoms with van der Waals surface area (Å²) in [6, 6.07) is 9.96. The van der Waals surface area contributed by atoms with Gasteiger partial charge in [0.2, 0.25) is 0 Å². The van der Waals surface area contributed by atoms with Crippen molar-refractivity contribution in [3.05, 3.63) is 66.2 Å². The van der Waals surface area contributed by atoms with E-state index in [9.17, 15) is 14.7 Å². The molecule has 1 atom stereocenters. The van der Waals surface area contributed by atoms with Crippen LogP contribution in [0.2, 0.25) is 0 Å². The molecule has 142 valence electrons. The Morgan fingerprint density at radius 3 is 2.89 bits per heavy atom. The molecule has 28 heavy (non-hydrogen) atoms. The van der Waals surface area contributed by atoms with Gasteiger partial charge in [0.15, 0.2) is 11.4 Å². The average molecular weight is 378 g/mol. The molecule has 0 aliphatic heterocycles. The highest BCUT2D eigenvalue weighted by Crippen LogP contribution is 2.20. The van der Waals surface area contributed by atoms with Crippen molar-refractivity contribution in [2.75, 3.05) is 7.11 Å². The number of amides is 1. The Kier molecular flexibility index (Phi) is 4.44. The molecule has 0 saturated heterocycles. The van der Waals surface area contributed by atoms with Crippen molar-refractivity contribution < 1.29 is 19.4 Å². The Morgan fingerprint density at radius 2 is 2.11 bits per heavy atom. The van der Waals surface area contributed by atoms with Gasteiger partial charge in [-0.1, -0.05) is 18.2 Å². The number of methoxy groups -OCH3 is 1. The highest BCUT2D eigenvalue weighted by Gasteiger charge is 2.25. The topological polar surface area (TPSA) is 109 Å². The van der Waals surface area contributed by atoms with Gasteiger partial charge in [-0.15, -0.1) is 0 Å². The van der Waals surface area contributed by atoms with E-state index < -0.39 is 17.9 Å². The second-order valence-electron chi connectivity index (χ2n) is 6.36. The van der Waals surface area contributed by atoms with Crippen molar-refractivity contribution >= 4 is 28.4 Å². The molecule has 0 saturated carbocycles. The number of esters is 1. The third-order valence-electron chi connectivity index (χ3n) is 4.58. The molecule has 0 spiro atoms. The summed E-state index contributed by atoms with van der Waals surface area (Å²) in [6.45, 7) is 0. The van der Waals surface area contributed by atoms with E-state index in [4.69, 9.17) is 4.74 Å². The Morgan fingerprint density at radius 1 is 1.29 bits per heavy atom. The zero-order valence-corrected chi connectivity index (χ0v) is 15.0. The van der Waals surface area contributed by atoms with E-state index in [2.05, 4.69) is 15.3 Å². The lowest BCUT2D eigenvalue weighted by Gasteiger charge is -2.15. The maximum absolute atomic E-state index is 12.7. The van der Waals surface area contributed by atoms with Crippen LogP contribution in [0.4, 0.5) is 0 Å². The number of carbonyl (C=O) groups excluding carboxylic acids is 2. The summed E-state index contributed by atoms with van der Waals surface area (Å²) in [5.74, 6) is -1.12. The number of para-hydroxylation sites is 1. The monoisotopic (exact) mass is 378 g/mol. The predicted octanol–water partition coefficient (Wildman–Crippen LogP) is 2.04. The molecule has 8 nitrogen and oxygen atoms in total. The van der Waals surface area contributed by atoms with Gasteiger partial charge in [0.05, 0.1) is 7.11 Å². The number of aromatic amines is 1. The molecule has 0 radical (unpaired) electrons. The van der Waals surface area contributed by atoms with Gasteiger partial charge >= 0.3 is 5.97 Å². The van der Waals surface area contributed by atoms with E-state index in [1.165, 1.54) is 23.8 Å². The van der Waals surface area contributed by atoms with Crippen LogP contribution in [-0.4, -0.2) is 44.5 Å². The van der Waals surface area contributed by atoms with E-state index in [0.29, 0.717) is 0 Å². The van der Waals surface area contributed by atoms with Crippen LogP contribution in [-0.2, 0) is 16.0 Å². The van der Waals surface area contributed by atoms with E-state index in [-0.39, 0.29) is 23.5 Å². The minimum atomic E-state index is -0.880. The zero-order valence-electron chi connectivity index (χ0n) is 15.0. The number of H-pyrrole nitrogens is 1. The van der Waals surface area contributed by atoms with Crippen LogP contribution in [0.25, 0.3) is 16.6 Å². The number of imidazole rings is 1. The second kappa shape index (κ2) is 7.07. The van der Waals surface area contributed by atoms with Gasteiger partial charge in [0.25, 0.3) is 5.91 Å². The molecule has 1 aromatic carbocycles. The molecule has 0 unspecified atom stereocenters. The average Bonchev–Trinajstić information content (AvgIpc) is 3.32. The Hall–Kier alpha value is -3.81. The number of hydrogen-bond acceptors (Lipinski definition) is 5. The van der Waals surface area contributed by atoms with Crippen molar-refractivity contribution in [2.24, 2.45) is 0 Å². The number of aromatic hydroxyl groups is 1. The largest absolute Gasteiger partial charge is 0.504 e. The smallest absolute Gasteiger partial charge is 0.328 e. The SMILES string of the molecule is COC(=O)[C@H](Cc1c[nH]c2ccccc12)NC(=O)c1cn2cccc(O)c2n1. The Balaban J connectivity index is 1.60. The van der Waals surface area contributed by atoms with Crippen LogP contribution in [0.3, 0.4) is 0 Å². The summed E-state index contributed by atoms with van der Waals surface area (Å²) in [5, 5.41) is 13.5. The third kappa shape index (κ3) is 3.16. The third-order valence-corrected chi connectivity index (χ3v) is 4.58. The number of nitrogens with zero attached hydrogens (tertiary/aromatic N) is 2. The minimum absolute atomic E-state index is 0.0372. The summed E-state index contributed by atoms with van der Waals surface area (Å²) >= 11 is 0. The summed E-state index contributed by atoms with van der Waals surface area (Å²) in [5.41, 5.74) is 2.19. The van der Waals surface area contributed by atoms with Crippen molar-refractivity contribution in [3.63, 3.8) is 0 Å². The molecule has 3 N–H and O–H groups in total. The van der Waals surface area contributed by atoms with E-state index in [1.807, 2.05) is 30.5 Å². The van der Waals surface area contributed by atoms with Crippen LogP contribution < -0.4 is 5.32 Å². The maximum Gasteiger partial charge on any atom is 0.328 e. The summed E-state index contributed by atoms with van der Waals surface area (Å²) in [4.78, 5) is 32.2. The molecule has 4 aromatic rings. The number of rotatable bonds is 5. The predicted molar refractivity (Wildman–Crippen MR) is 102 cm³/mol. The van der Waals surface area contributed by atoms with Gasteiger partial charge in [-0.05, 0) is 23.8 Å². The number of pyridine rings is 1. The number of fused-ring (bicyclic) bond motifs is 2. The number of ether oxygens (including phenoxy) is 1. The number of aromatic nitrogens is 3. The van der Waals surface area contributed by atoms with Gasteiger partial charge in [-0.2, -0.15) is 0 Å². The molecular formula is C20H18N4O4. The normalized spacial score (nSPS) is 12.2. The number of hydrogen-bond donors (Lipinski definition) is 3. The highest BCUT2D eigenvalue weighted by atomic mass is 16.5. The lowest BCUT2D eigenvalue weighted by Crippen LogP contribution is -2.43. The standard InChI is InChI=1S/C20H18N4O4/c1-28-20(27)15(9-12-10-21-14-6-3-2-5-13(12)14)23-19(26)16-11-24-8-4-7-17(25)18(24)22-16/h2-8,10-11,15,21,25H,9H2,1H3,(H,23,26)/t15-/m0/s1. The first-order valence-electron chi connectivity index (χ1n) is 8.67. The fourth-order valence-corrected chi connectivity index (χ4v) is 3.20. The van der Waals surface area contributed by atoms with Gasteiger partial charge in [-0.25, -0.2) is 9.78 Å². The Bertz CT molecular complexity index is 1180. The second-order valence-corrected chi connectivity index (χ2v) is 6.36. The quantitative estimate of drug-likeness (QED) is 0.461. The van der Waals surface area contributed by atoms with Gasteiger partial charge in [0, 0.05) is 35.9 Å². The lowest BCUT2D eigenvalue weighted by molar-refractivity contribution is -0.142. The summed E-state index contributed by atoms with van der Waals surface area (Å²) < 4.78 is 6.40. The Labute approximate surface area is 159 Å². The van der Waals surface area contributed by atoms with Crippen molar-refractivity contribution in [1.29, 1.82) is 0 Å². The molecule has 1 amide bonds. The van der Waals surface area contributed by atoms with Gasteiger partial charge in [-0.3, -0.25) is 4.79 Å². The van der Waals surface area contributed by atoms with E-state index in [1.54, 1.807) is 12.3 Å². The first-order valence-corrected chi connectivity index (χ1v) is 8.67. The number of benzene rings is 1. The van der Waals surface area contributed by atoms with Gasteiger partial charge < -0.3 is 24.5 Å². The molecule has 0 aliphatic rings. The van der Waals surface area contributed by atoms with Crippen molar-refractivity contribution in [1.82, 2.24) is 19.7 Å². The molecule has 4 rings (SSSR count). The van der Waals surface area contributed by atoms with Crippen LogP contribution in [0, 0.1) is 0 Å². The molecule has 0 bridgehead atoms. The van der Waals surface area contributed by atoms with Crippen LogP contribution in [0.5, 0.6) is 5.75 Å². The van der Waals surface area contributed by atoms with Gasteiger partial charge in [0.1, 0.15) is 11.7 Å². The van der Waals surface area contributed by atoms with E-state index in [0.717, 1.165) is 16.5 Å². The molecule has 3 heterocycles.